The fourth-order valence-corrected chi connectivity index (χ4v) is 3.75. The summed E-state index contributed by atoms with van der Waals surface area (Å²) < 4.78 is 0. The average Bonchev–Trinajstić information content (AvgIpc) is 3.16. The summed E-state index contributed by atoms with van der Waals surface area (Å²) in [6, 6.07) is 11.5. The maximum atomic E-state index is 12.5. The fraction of sp³-hybridized carbons (Fsp3) is 0.250. The zero-order chi connectivity index (χ0) is 19.3. The number of amides is 1. The Labute approximate surface area is 168 Å². The SMILES string of the molecule is CN1CCN(c2ccc(C(=O)Nc3cnc(Nc4cccnc4)s3)cc2)CC1. The van der Waals surface area contributed by atoms with Crippen molar-refractivity contribution in [2.24, 2.45) is 0 Å². The van der Waals surface area contributed by atoms with Crippen LogP contribution in [0.4, 0.5) is 21.5 Å². The minimum absolute atomic E-state index is 0.137. The predicted molar refractivity (Wildman–Crippen MR) is 114 cm³/mol. The van der Waals surface area contributed by atoms with Gasteiger partial charge in [-0.2, -0.15) is 0 Å². The molecule has 2 N–H and O–H groups in total. The van der Waals surface area contributed by atoms with Crippen LogP contribution in [0.15, 0.2) is 55.0 Å². The summed E-state index contributed by atoms with van der Waals surface area (Å²) in [5.74, 6) is -0.137. The molecule has 0 radical (unpaired) electrons. The first-order valence-corrected chi connectivity index (χ1v) is 9.97. The summed E-state index contributed by atoms with van der Waals surface area (Å²) in [6.45, 7) is 4.14. The Kier molecular flexibility index (Phi) is 5.50. The van der Waals surface area contributed by atoms with Gasteiger partial charge in [-0.05, 0) is 43.4 Å². The monoisotopic (exact) mass is 394 g/mol. The number of rotatable bonds is 5. The lowest BCUT2D eigenvalue weighted by atomic mass is 10.1. The molecule has 4 rings (SSSR count). The van der Waals surface area contributed by atoms with Crippen LogP contribution in [0, 0.1) is 0 Å². The molecule has 1 aliphatic rings. The van der Waals surface area contributed by atoms with E-state index in [2.05, 4.69) is 37.4 Å². The van der Waals surface area contributed by atoms with Gasteiger partial charge in [0, 0.05) is 43.6 Å². The highest BCUT2D eigenvalue weighted by Crippen LogP contribution is 2.26. The van der Waals surface area contributed by atoms with E-state index in [1.54, 1.807) is 18.6 Å². The number of hydrogen-bond donors (Lipinski definition) is 2. The molecule has 3 aromatic rings. The van der Waals surface area contributed by atoms with E-state index in [0.29, 0.717) is 15.7 Å². The first-order valence-electron chi connectivity index (χ1n) is 9.15. The van der Waals surface area contributed by atoms with Crippen molar-refractivity contribution < 1.29 is 4.79 Å². The lowest BCUT2D eigenvalue weighted by molar-refractivity contribution is 0.102. The first-order chi connectivity index (χ1) is 13.7. The van der Waals surface area contributed by atoms with E-state index >= 15 is 0 Å². The molecule has 1 fully saturated rings. The fourth-order valence-electron chi connectivity index (χ4n) is 3.02. The Morgan fingerprint density at radius 3 is 2.57 bits per heavy atom. The number of piperazine rings is 1. The number of anilines is 4. The van der Waals surface area contributed by atoms with Crippen LogP contribution in [0.25, 0.3) is 0 Å². The molecule has 1 amide bonds. The van der Waals surface area contributed by atoms with Gasteiger partial charge in [-0.3, -0.25) is 9.78 Å². The van der Waals surface area contributed by atoms with Crippen molar-refractivity contribution in [2.45, 2.75) is 0 Å². The van der Waals surface area contributed by atoms with E-state index in [0.717, 1.165) is 37.6 Å². The van der Waals surface area contributed by atoms with Gasteiger partial charge in [0.25, 0.3) is 5.91 Å². The predicted octanol–water partition coefficient (Wildman–Crippen LogP) is 3.29. The molecule has 2 aromatic heterocycles. The van der Waals surface area contributed by atoms with E-state index in [-0.39, 0.29) is 5.91 Å². The molecule has 0 aliphatic carbocycles. The Morgan fingerprint density at radius 2 is 1.86 bits per heavy atom. The van der Waals surface area contributed by atoms with Crippen molar-refractivity contribution in [3.05, 3.63) is 60.6 Å². The van der Waals surface area contributed by atoms with Crippen LogP contribution in [-0.4, -0.2) is 54.0 Å². The summed E-state index contributed by atoms with van der Waals surface area (Å²) in [5.41, 5.74) is 2.65. The zero-order valence-corrected chi connectivity index (χ0v) is 16.4. The lowest BCUT2D eigenvalue weighted by Gasteiger charge is -2.34. The van der Waals surface area contributed by atoms with E-state index in [1.807, 2.05) is 36.4 Å². The molecule has 1 saturated heterocycles. The molecular weight excluding hydrogens is 372 g/mol. The molecule has 1 aromatic carbocycles. The molecule has 0 unspecified atom stereocenters. The summed E-state index contributed by atoms with van der Waals surface area (Å²) in [5, 5.41) is 7.48. The van der Waals surface area contributed by atoms with Crippen LogP contribution in [0.2, 0.25) is 0 Å². The summed E-state index contributed by atoms with van der Waals surface area (Å²) in [4.78, 5) is 25.6. The molecule has 0 atom stereocenters. The molecule has 7 nitrogen and oxygen atoms in total. The number of aromatic nitrogens is 2. The number of thiazole rings is 1. The third-order valence-electron chi connectivity index (χ3n) is 4.65. The highest BCUT2D eigenvalue weighted by Gasteiger charge is 2.15. The molecule has 8 heteroatoms. The second-order valence-electron chi connectivity index (χ2n) is 6.69. The van der Waals surface area contributed by atoms with Crippen molar-refractivity contribution in [2.75, 3.05) is 48.8 Å². The quantitative estimate of drug-likeness (QED) is 0.692. The number of hydrogen-bond acceptors (Lipinski definition) is 7. The minimum Gasteiger partial charge on any atom is -0.369 e. The van der Waals surface area contributed by atoms with Gasteiger partial charge in [0.2, 0.25) is 0 Å². The molecule has 3 heterocycles. The maximum absolute atomic E-state index is 12.5. The van der Waals surface area contributed by atoms with Crippen LogP contribution in [-0.2, 0) is 0 Å². The standard InChI is InChI=1S/C20H22N6OS/c1-25-9-11-26(12-10-25)17-6-4-15(5-7-17)19(27)24-18-14-22-20(28-18)23-16-3-2-8-21-13-16/h2-8,13-14H,9-12H2,1H3,(H,22,23)(H,24,27). The van der Waals surface area contributed by atoms with Gasteiger partial charge in [-0.1, -0.05) is 11.3 Å². The largest absolute Gasteiger partial charge is 0.369 e. The van der Waals surface area contributed by atoms with Crippen LogP contribution in [0.3, 0.4) is 0 Å². The maximum Gasteiger partial charge on any atom is 0.256 e. The topological polar surface area (TPSA) is 73.4 Å². The van der Waals surface area contributed by atoms with Crippen molar-refractivity contribution in [3.63, 3.8) is 0 Å². The number of nitrogens with one attached hydrogen (secondary N) is 2. The van der Waals surface area contributed by atoms with Crippen molar-refractivity contribution in [3.8, 4) is 0 Å². The Bertz CT molecular complexity index is 919. The van der Waals surface area contributed by atoms with Crippen molar-refractivity contribution >= 4 is 38.8 Å². The lowest BCUT2D eigenvalue weighted by Crippen LogP contribution is -2.44. The molecule has 144 valence electrons. The average molecular weight is 395 g/mol. The van der Waals surface area contributed by atoms with Crippen LogP contribution >= 0.6 is 11.3 Å². The molecule has 0 spiro atoms. The number of carbonyl (C=O) groups excluding carboxylic acids is 1. The second-order valence-corrected chi connectivity index (χ2v) is 7.72. The second kappa shape index (κ2) is 8.37. The van der Waals surface area contributed by atoms with Crippen LogP contribution < -0.4 is 15.5 Å². The molecule has 28 heavy (non-hydrogen) atoms. The number of carbonyl (C=O) groups is 1. The Morgan fingerprint density at radius 1 is 1.07 bits per heavy atom. The van der Waals surface area contributed by atoms with E-state index in [1.165, 1.54) is 11.3 Å². The van der Waals surface area contributed by atoms with Gasteiger partial charge in [0.1, 0.15) is 5.00 Å². The normalized spacial score (nSPS) is 14.7. The number of nitrogens with zero attached hydrogens (tertiary/aromatic N) is 4. The van der Waals surface area contributed by atoms with Crippen LogP contribution in [0.1, 0.15) is 10.4 Å². The highest BCUT2D eigenvalue weighted by atomic mass is 32.1. The zero-order valence-electron chi connectivity index (χ0n) is 15.6. The van der Waals surface area contributed by atoms with E-state index < -0.39 is 0 Å². The highest BCUT2D eigenvalue weighted by molar-refractivity contribution is 7.19. The summed E-state index contributed by atoms with van der Waals surface area (Å²) in [7, 11) is 2.14. The third kappa shape index (κ3) is 4.47. The van der Waals surface area contributed by atoms with Crippen LogP contribution in [0.5, 0.6) is 0 Å². The molecule has 1 aliphatic heterocycles. The van der Waals surface area contributed by atoms with E-state index in [4.69, 9.17) is 0 Å². The van der Waals surface area contributed by atoms with Gasteiger partial charge in [0.15, 0.2) is 5.13 Å². The minimum atomic E-state index is -0.137. The van der Waals surface area contributed by atoms with Gasteiger partial charge in [0.05, 0.1) is 18.1 Å². The Hall–Kier alpha value is -2.97. The number of likely N-dealkylation sites (N-methyl/N-ethyl adjacent to an activating group) is 1. The van der Waals surface area contributed by atoms with Crippen molar-refractivity contribution in [1.82, 2.24) is 14.9 Å². The first kappa shape index (κ1) is 18.4. The van der Waals surface area contributed by atoms with Gasteiger partial charge in [-0.15, -0.1) is 0 Å². The Balaban J connectivity index is 1.36. The molecular formula is C20H22N6OS. The summed E-state index contributed by atoms with van der Waals surface area (Å²) >= 11 is 1.38. The molecule has 0 bridgehead atoms. The van der Waals surface area contributed by atoms with Crippen molar-refractivity contribution in [1.29, 1.82) is 0 Å². The number of benzene rings is 1. The smallest absolute Gasteiger partial charge is 0.256 e. The van der Waals surface area contributed by atoms with Gasteiger partial charge < -0.3 is 20.4 Å². The number of pyridine rings is 1. The summed E-state index contributed by atoms with van der Waals surface area (Å²) in [6.07, 6.45) is 5.09. The third-order valence-corrected chi connectivity index (χ3v) is 5.48. The van der Waals surface area contributed by atoms with Gasteiger partial charge >= 0.3 is 0 Å². The van der Waals surface area contributed by atoms with E-state index in [9.17, 15) is 4.79 Å². The molecule has 0 saturated carbocycles. The van der Waals surface area contributed by atoms with Gasteiger partial charge in [-0.25, -0.2) is 4.98 Å².